The molecule has 0 saturated carbocycles. The van der Waals surface area contributed by atoms with Crippen LogP contribution in [-0.4, -0.2) is 51.2 Å². The molecular weight excluding hydrogens is 268 g/mol. The van der Waals surface area contributed by atoms with Gasteiger partial charge >= 0.3 is 5.97 Å². The number of amides is 1. The molecule has 2 unspecified atom stereocenters. The minimum absolute atomic E-state index is 0.0728. The smallest absolute Gasteiger partial charge is 0.338 e. The molecule has 0 aliphatic heterocycles. The molecule has 1 aromatic rings. The van der Waals surface area contributed by atoms with E-state index in [1.54, 1.807) is 6.92 Å². The van der Waals surface area contributed by atoms with Gasteiger partial charge in [0.05, 0.1) is 12.2 Å². The van der Waals surface area contributed by atoms with Crippen LogP contribution in [-0.2, 0) is 0 Å². The van der Waals surface area contributed by atoms with Crippen molar-refractivity contribution in [3.63, 3.8) is 0 Å². The van der Waals surface area contributed by atoms with Crippen molar-refractivity contribution < 1.29 is 19.8 Å². The number of nitrogens with one attached hydrogen (secondary N) is 1. The number of carboxylic acids is 1. The van der Waals surface area contributed by atoms with Crippen LogP contribution in [0.3, 0.4) is 0 Å². The summed E-state index contributed by atoms with van der Waals surface area (Å²) in [5, 5.41) is 20.6. The topological polar surface area (TPSA) is 99.5 Å². The second kappa shape index (κ2) is 7.10. The van der Waals surface area contributed by atoms with E-state index in [2.05, 4.69) is 10.3 Å². The molecule has 0 fully saturated rings. The molecule has 0 aliphatic rings. The third-order valence-electron chi connectivity index (χ3n) is 2.65. The molecule has 1 amide bonds. The molecule has 7 heteroatoms. The normalized spacial score (nSPS) is 13.6. The van der Waals surface area contributed by atoms with Gasteiger partial charge in [0.15, 0.2) is 0 Å². The summed E-state index contributed by atoms with van der Waals surface area (Å²) >= 11 is 1.42. The molecular formula is C12H16N2O4S. The summed E-state index contributed by atoms with van der Waals surface area (Å²) in [6.07, 6.45) is 3.19. The van der Waals surface area contributed by atoms with Crippen LogP contribution < -0.4 is 5.32 Å². The van der Waals surface area contributed by atoms with Crippen LogP contribution >= 0.6 is 11.8 Å². The zero-order chi connectivity index (χ0) is 14.4. The zero-order valence-corrected chi connectivity index (χ0v) is 11.5. The van der Waals surface area contributed by atoms with Gasteiger partial charge in [0, 0.05) is 17.5 Å². The van der Waals surface area contributed by atoms with Crippen LogP contribution in [0.4, 0.5) is 0 Å². The van der Waals surface area contributed by atoms with Gasteiger partial charge in [-0.2, -0.15) is 11.8 Å². The first kappa shape index (κ1) is 15.5. The van der Waals surface area contributed by atoms with Gasteiger partial charge in [-0.1, -0.05) is 0 Å². The number of aliphatic hydroxyl groups is 1. The van der Waals surface area contributed by atoms with Crippen molar-refractivity contribution in [3.05, 3.63) is 29.6 Å². The Balaban J connectivity index is 2.87. The Morgan fingerprint density at radius 1 is 1.53 bits per heavy atom. The fourth-order valence-corrected chi connectivity index (χ4v) is 2.19. The Morgan fingerprint density at radius 3 is 2.74 bits per heavy atom. The highest BCUT2D eigenvalue weighted by atomic mass is 32.2. The molecule has 1 aromatic heterocycles. The molecule has 19 heavy (non-hydrogen) atoms. The van der Waals surface area contributed by atoms with Crippen LogP contribution in [0.5, 0.6) is 0 Å². The van der Waals surface area contributed by atoms with Gasteiger partial charge in [-0.05, 0) is 25.3 Å². The Labute approximate surface area is 115 Å². The van der Waals surface area contributed by atoms with Gasteiger partial charge < -0.3 is 15.5 Å². The maximum absolute atomic E-state index is 12.0. The molecule has 104 valence electrons. The monoisotopic (exact) mass is 284 g/mol. The van der Waals surface area contributed by atoms with Crippen molar-refractivity contribution in [3.8, 4) is 0 Å². The molecule has 1 rings (SSSR count). The van der Waals surface area contributed by atoms with Gasteiger partial charge in [0.1, 0.15) is 5.69 Å². The minimum Gasteiger partial charge on any atom is -0.478 e. The maximum atomic E-state index is 12.0. The van der Waals surface area contributed by atoms with Crippen LogP contribution in [0.2, 0.25) is 0 Å². The van der Waals surface area contributed by atoms with Crippen molar-refractivity contribution >= 4 is 23.6 Å². The summed E-state index contributed by atoms with van der Waals surface area (Å²) in [7, 11) is 0. The Kier molecular flexibility index (Phi) is 5.78. The van der Waals surface area contributed by atoms with E-state index in [-0.39, 0.29) is 29.2 Å². The fraction of sp³-hybridized carbons (Fsp3) is 0.417. The van der Waals surface area contributed by atoms with E-state index in [1.807, 2.05) is 6.26 Å². The molecule has 0 aromatic carbocycles. The van der Waals surface area contributed by atoms with Gasteiger partial charge in [-0.3, -0.25) is 9.78 Å². The first-order chi connectivity index (χ1) is 9.01. The number of thioether (sulfide) groups is 1. The molecule has 0 radical (unpaired) electrons. The molecule has 0 bridgehead atoms. The predicted molar refractivity (Wildman–Crippen MR) is 72.5 cm³/mol. The number of rotatable bonds is 6. The van der Waals surface area contributed by atoms with Crippen molar-refractivity contribution in [2.75, 3.05) is 12.9 Å². The number of carbonyl (C=O) groups excluding carboxylic acids is 1. The third kappa shape index (κ3) is 3.93. The summed E-state index contributed by atoms with van der Waals surface area (Å²) in [6.45, 7) is 1.68. The minimum atomic E-state index is -1.20. The van der Waals surface area contributed by atoms with Gasteiger partial charge in [-0.15, -0.1) is 0 Å². The molecule has 0 aliphatic carbocycles. The third-order valence-corrected chi connectivity index (χ3v) is 3.82. The largest absolute Gasteiger partial charge is 0.478 e. The van der Waals surface area contributed by atoms with E-state index in [0.29, 0.717) is 0 Å². The summed E-state index contributed by atoms with van der Waals surface area (Å²) < 4.78 is 0. The summed E-state index contributed by atoms with van der Waals surface area (Å²) in [4.78, 5) is 26.8. The summed E-state index contributed by atoms with van der Waals surface area (Å²) in [6, 6.07) is 2.49. The molecule has 0 saturated heterocycles. The summed E-state index contributed by atoms with van der Waals surface area (Å²) in [5.74, 6) is -1.76. The first-order valence-electron chi connectivity index (χ1n) is 5.64. The fourth-order valence-electron chi connectivity index (χ4n) is 1.56. The highest BCUT2D eigenvalue weighted by Crippen LogP contribution is 2.12. The Bertz CT molecular complexity index is 463. The molecule has 2 atom stereocenters. The number of aromatic nitrogens is 1. The number of carbonyl (C=O) groups is 2. The lowest BCUT2D eigenvalue weighted by molar-refractivity contribution is 0.0689. The molecule has 6 nitrogen and oxygen atoms in total. The van der Waals surface area contributed by atoms with Crippen LogP contribution in [0.1, 0.15) is 27.8 Å². The second-order valence-electron chi connectivity index (χ2n) is 3.92. The highest BCUT2D eigenvalue weighted by Gasteiger charge is 2.22. The second-order valence-corrected chi connectivity index (χ2v) is 5.00. The Hall–Kier alpha value is -1.60. The number of carboxylic acid groups (broad SMARTS) is 1. The van der Waals surface area contributed by atoms with Crippen LogP contribution in [0.25, 0.3) is 0 Å². The van der Waals surface area contributed by atoms with Crippen molar-refractivity contribution in [1.29, 1.82) is 0 Å². The molecule has 3 N–H and O–H groups in total. The SMILES string of the molecule is CSC(CO)C(C)NC(=O)c1ncccc1C(=O)O. The van der Waals surface area contributed by atoms with E-state index in [0.717, 1.165) is 0 Å². The number of aliphatic hydroxyl groups excluding tert-OH is 1. The van der Waals surface area contributed by atoms with E-state index in [4.69, 9.17) is 10.2 Å². The molecule has 1 heterocycles. The van der Waals surface area contributed by atoms with E-state index in [1.165, 1.54) is 30.1 Å². The van der Waals surface area contributed by atoms with E-state index < -0.39 is 11.9 Å². The van der Waals surface area contributed by atoms with Crippen molar-refractivity contribution in [1.82, 2.24) is 10.3 Å². The number of nitrogens with zero attached hydrogens (tertiary/aromatic N) is 1. The van der Waals surface area contributed by atoms with Gasteiger partial charge in [0.2, 0.25) is 0 Å². The maximum Gasteiger partial charge on any atom is 0.338 e. The lowest BCUT2D eigenvalue weighted by Gasteiger charge is -2.21. The Morgan fingerprint density at radius 2 is 2.21 bits per heavy atom. The predicted octanol–water partition coefficient (Wildman–Crippen LogP) is 0.622. The zero-order valence-electron chi connectivity index (χ0n) is 10.7. The van der Waals surface area contributed by atoms with Gasteiger partial charge in [0.25, 0.3) is 5.91 Å². The lowest BCUT2D eigenvalue weighted by atomic mass is 10.1. The number of pyridine rings is 1. The number of hydrogen-bond acceptors (Lipinski definition) is 5. The quantitative estimate of drug-likeness (QED) is 0.708. The average molecular weight is 284 g/mol. The van der Waals surface area contributed by atoms with Crippen LogP contribution in [0, 0.1) is 0 Å². The summed E-state index contributed by atoms with van der Waals surface area (Å²) in [5.41, 5.74) is -0.267. The standard InChI is InChI=1S/C12H16N2O4S/c1-7(9(6-15)19-2)14-11(16)10-8(12(17)18)4-3-5-13-10/h3-5,7,9,15H,6H2,1-2H3,(H,14,16)(H,17,18). The van der Waals surface area contributed by atoms with Crippen LogP contribution in [0.15, 0.2) is 18.3 Å². The number of hydrogen-bond donors (Lipinski definition) is 3. The number of aromatic carboxylic acids is 1. The molecule has 0 spiro atoms. The first-order valence-corrected chi connectivity index (χ1v) is 6.92. The van der Waals surface area contributed by atoms with E-state index >= 15 is 0 Å². The van der Waals surface area contributed by atoms with E-state index in [9.17, 15) is 9.59 Å². The van der Waals surface area contributed by atoms with Gasteiger partial charge in [-0.25, -0.2) is 4.79 Å². The van der Waals surface area contributed by atoms with Crippen molar-refractivity contribution in [2.45, 2.75) is 18.2 Å². The van der Waals surface area contributed by atoms with Crippen molar-refractivity contribution in [2.24, 2.45) is 0 Å². The average Bonchev–Trinajstić information content (AvgIpc) is 2.40. The lowest BCUT2D eigenvalue weighted by Crippen LogP contribution is -2.42. The highest BCUT2D eigenvalue weighted by molar-refractivity contribution is 7.99.